The van der Waals surface area contributed by atoms with Gasteiger partial charge in [-0.15, -0.1) is 0 Å². The van der Waals surface area contributed by atoms with Crippen molar-refractivity contribution in [2.24, 2.45) is 5.73 Å². The molecular weight excluding hydrogens is 300 g/mol. The fourth-order valence-corrected chi connectivity index (χ4v) is 2.49. The third-order valence-corrected chi connectivity index (χ3v) is 3.68. The summed E-state index contributed by atoms with van der Waals surface area (Å²) >= 11 is 6.04. The molecule has 3 rings (SSSR count). The molecule has 1 aromatic heterocycles. The molecule has 0 bridgehead atoms. The van der Waals surface area contributed by atoms with Crippen molar-refractivity contribution >= 4 is 34.1 Å². The number of nitrogens with one attached hydrogen (secondary N) is 2. The highest BCUT2D eigenvalue weighted by Crippen LogP contribution is 2.23. The summed E-state index contributed by atoms with van der Waals surface area (Å²) in [5.74, 6) is -0.234. The number of nitrogens with zero attached hydrogens (tertiary/aromatic N) is 1. The van der Waals surface area contributed by atoms with Gasteiger partial charge in [-0.05, 0) is 36.8 Å². The Hall–Kier alpha value is -2.37. The minimum Gasteiger partial charge on any atom is -0.324 e. The molecule has 22 heavy (non-hydrogen) atoms. The van der Waals surface area contributed by atoms with E-state index >= 15 is 0 Å². The molecule has 1 amide bonds. The number of hydrogen-bond acceptors (Lipinski definition) is 3. The number of halogens is 1. The number of anilines is 1. The minimum absolute atomic E-state index is 0.0387. The lowest BCUT2D eigenvalue weighted by Crippen LogP contribution is -2.12. The minimum atomic E-state index is -0.234. The van der Waals surface area contributed by atoms with E-state index in [0.717, 1.165) is 16.5 Å². The number of aromatic nitrogens is 2. The zero-order chi connectivity index (χ0) is 15.7. The summed E-state index contributed by atoms with van der Waals surface area (Å²) in [5, 5.41) is 10.8. The highest BCUT2D eigenvalue weighted by molar-refractivity contribution is 6.32. The van der Waals surface area contributed by atoms with Gasteiger partial charge in [-0.1, -0.05) is 23.7 Å². The van der Waals surface area contributed by atoms with Crippen LogP contribution in [-0.2, 0) is 0 Å². The van der Waals surface area contributed by atoms with Gasteiger partial charge in [0, 0.05) is 22.1 Å². The molecule has 6 heteroatoms. The number of H-pyrrole nitrogens is 1. The first-order chi connectivity index (χ1) is 10.5. The van der Waals surface area contributed by atoms with Gasteiger partial charge in [0.15, 0.2) is 0 Å². The summed E-state index contributed by atoms with van der Waals surface area (Å²) in [6.07, 6.45) is 1.61. The molecule has 2 aromatic carbocycles. The Labute approximate surface area is 132 Å². The number of fused-ring (bicyclic) bond motifs is 1. The SMILES string of the molecule is C[C@@H](N)c1ccc(NC(=O)c2cc(Cl)cc3[nH]ncc23)cc1. The van der Waals surface area contributed by atoms with Crippen molar-refractivity contribution in [3.63, 3.8) is 0 Å². The number of amides is 1. The van der Waals surface area contributed by atoms with Crippen LogP contribution in [0.4, 0.5) is 5.69 Å². The van der Waals surface area contributed by atoms with Crippen LogP contribution in [0.15, 0.2) is 42.6 Å². The monoisotopic (exact) mass is 314 g/mol. The Morgan fingerprint density at radius 1 is 1.32 bits per heavy atom. The highest BCUT2D eigenvalue weighted by Gasteiger charge is 2.13. The van der Waals surface area contributed by atoms with Crippen LogP contribution in [0.1, 0.15) is 28.9 Å². The zero-order valence-electron chi connectivity index (χ0n) is 11.9. The summed E-state index contributed by atoms with van der Waals surface area (Å²) < 4.78 is 0. The fraction of sp³-hybridized carbons (Fsp3) is 0.125. The maximum atomic E-state index is 12.5. The average molecular weight is 315 g/mol. The van der Waals surface area contributed by atoms with Crippen LogP contribution >= 0.6 is 11.6 Å². The van der Waals surface area contributed by atoms with E-state index in [9.17, 15) is 4.79 Å². The van der Waals surface area contributed by atoms with Crippen molar-refractivity contribution < 1.29 is 4.79 Å². The van der Waals surface area contributed by atoms with E-state index in [2.05, 4.69) is 15.5 Å². The van der Waals surface area contributed by atoms with Crippen molar-refractivity contribution in [2.45, 2.75) is 13.0 Å². The van der Waals surface area contributed by atoms with Crippen molar-refractivity contribution in [1.29, 1.82) is 0 Å². The summed E-state index contributed by atoms with van der Waals surface area (Å²) in [6, 6.07) is 10.8. The van der Waals surface area contributed by atoms with E-state index < -0.39 is 0 Å². The predicted octanol–water partition coefficient (Wildman–Crippen LogP) is 3.49. The smallest absolute Gasteiger partial charge is 0.256 e. The maximum Gasteiger partial charge on any atom is 0.256 e. The van der Waals surface area contributed by atoms with Crippen molar-refractivity contribution in [3.8, 4) is 0 Å². The molecule has 0 saturated heterocycles. The second kappa shape index (κ2) is 5.79. The van der Waals surface area contributed by atoms with Crippen LogP contribution in [0.2, 0.25) is 5.02 Å². The van der Waals surface area contributed by atoms with Crippen LogP contribution < -0.4 is 11.1 Å². The number of nitrogens with two attached hydrogens (primary N) is 1. The molecule has 1 atom stereocenters. The maximum absolute atomic E-state index is 12.5. The number of hydrogen-bond donors (Lipinski definition) is 3. The van der Waals surface area contributed by atoms with E-state index in [1.165, 1.54) is 0 Å². The van der Waals surface area contributed by atoms with Crippen molar-refractivity contribution in [3.05, 3.63) is 58.7 Å². The fourth-order valence-electron chi connectivity index (χ4n) is 2.27. The van der Waals surface area contributed by atoms with Crippen LogP contribution in [0.3, 0.4) is 0 Å². The highest BCUT2D eigenvalue weighted by atomic mass is 35.5. The first kappa shape index (κ1) is 14.6. The quantitative estimate of drug-likeness (QED) is 0.692. The Kier molecular flexibility index (Phi) is 3.83. The van der Waals surface area contributed by atoms with Gasteiger partial charge in [-0.3, -0.25) is 9.89 Å². The molecule has 4 N–H and O–H groups in total. The summed E-state index contributed by atoms with van der Waals surface area (Å²) in [7, 11) is 0. The molecule has 0 spiro atoms. The Morgan fingerprint density at radius 2 is 2.05 bits per heavy atom. The largest absolute Gasteiger partial charge is 0.324 e. The molecule has 0 aliphatic heterocycles. The van der Waals surface area contributed by atoms with Gasteiger partial charge in [0.05, 0.1) is 17.3 Å². The second-order valence-electron chi connectivity index (χ2n) is 5.15. The number of carbonyl (C=O) groups is 1. The molecule has 0 fully saturated rings. The third kappa shape index (κ3) is 2.81. The van der Waals surface area contributed by atoms with Gasteiger partial charge >= 0.3 is 0 Å². The topological polar surface area (TPSA) is 83.8 Å². The lowest BCUT2D eigenvalue weighted by atomic mass is 10.1. The molecule has 0 aliphatic carbocycles. The third-order valence-electron chi connectivity index (χ3n) is 3.46. The average Bonchev–Trinajstić information content (AvgIpc) is 2.94. The van der Waals surface area contributed by atoms with Gasteiger partial charge < -0.3 is 11.1 Å². The predicted molar refractivity (Wildman–Crippen MR) is 88.1 cm³/mol. The van der Waals surface area contributed by atoms with Crippen LogP contribution in [0, 0.1) is 0 Å². The molecule has 0 saturated carbocycles. The lowest BCUT2D eigenvalue weighted by Gasteiger charge is -2.09. The number of aromatic amines is 1. The summed E-state index contributed by atoms with van der Waals surface area (Å²) in [5.41, 5.74) is 8.73. The molecule has 1 heterocycles. The Morgan fingerprint density at radius 3 is 2.73 bits per heavy atom. The molecule has 0 radical (unpaired) electrons. The van der Waals surface area contributed by atoms with Crippen LogP contribution in [-0.4, -0.2) is 16.1 Å². The van der Waals surface area contributed by atoms with Gasteiger partial charge in [-0.25, -0.2) is 0 Å². The lowest BCUT2D eigenvalue weighted by molar-refractivity contribution is 0.102. The number of carbonyl (C=O) groups excluding carboxylic acids is 1. The van der Waals surface area contributed by atoms with E-state index in [-0.39, 0.29) is 11.9 Å². The van der Waals surface area contributed by atoms with Crippen molar-refractivity contribution in [1.82, 2.24) is 10.2 Å². The van der Waals surface area contributed by atoms with Gasteiger partial charge in [0.2, 0.25) is 0 Å². The summed E-state index contributed by atoms with van der Waals surface area (Å²) in [6.45, 7) is 1.91. The molecule has 5 nitrogen and oxygen atoms in total. The van der Waals surface area contributed by atoms with Gasteiger partial charge in [0.25, 0.3) is 5.91 Å². The molecule has 0 unspecified atom stereocenters. The molecule has 112 valence electrons. The van der Waals surface area contributed by atoms with E-state index in [1.807, 2.05) is 31.2 Å². The first-order valence-electron chi connectivity index (χ1n) is 6.84. The number of rotatable bonds is 3. The van der Waals surface area contributed by atoms with Gasteiger partial charge in [0.1, 0.15) is 0 Å². The Balaban J connectivity index is 1.88. The normalized spacial score (nSPS) is 12.3. The van der Waals surface area contributed by atoms with Crippen LogP contribution in [0.25, 0.3) is 10.9 Å². The molecule has 0 aliphatic rings. The second-order valence-corrected chi connectivity index (χ2v) is 5.59. The van der Waals surface area contributed by atoms with Crippen LogP contribution in [0.5, 0.6) is 0 Å². The van der Waals surface area contributed by atoms with E-state index in [1.54, 1.807) is 18.3 Å². The first-order valence-corrected chi connectivity index (χ1v) is 7.22. The standard InChI is InChI=1S/C16H15ClN4O/c1-9(18)10-2-4-12(5-3-10)20-16(22)13-6-11(17)7-15-14(13)8-19-21-15/h2-9H,18H2,1H3,(H,19,21)(H,20,22)/t9-/m1/s1. The van der Waals surface area contributed by atoms with Crippen molar-refractivity contribution in [2.75, 3.05) is 5.32 Å². The van der Waals surface area contributed by atoms with Gasteiger partial charge in [-0.2, -0.15) is 5.10 Å². The Bertz CT molecular complexity index is 824. The summed E-state index contributed by atoms with van der Waals surface area (Å²) in [4.78, 5) is 12.5. The zero-order valence-corrected chi connectivity index (χ0v) is 12.7. The molecule has 3 aromatic rings. The molecular formula is C16H15ClN4O. The van der Waals surface area contributed by atoms with E-state index in [4.69, 9.17) is 17.3 Å². The van der Waals surface area contributed by atoms with E-state index in [0.29, 0.717) is 16.3 Å². The number of benzene rings is 2.